The number of nitrogens with zero attached hydrogens (tertiary/aromatic N) is 1. The topological polar surface area (TPSA) is 49.9 Å². The summed E-state index contributed by atoms with van der Waals surface area (Å²) >= 11 is 1.21. The number of aromatic nitrogens is 2. The van der Waals surface area contributed by atoms with E-state index in [2.05, 4.69) is 20.8 Å². The van der Waals surface area contributed by atoms with Crippen molar-refractivity contribution in [3.63, 3.8) is 0 Å². The number of halogens is 1. The second-order valence-electron chi connectivity index (χ2n) is 5.71. The number of methoxy groups -OCH3 is 1. The zero-order valence-electron chi connectivity index (χ0n) is 14.0. The largest absolute Gasteiger partial charge is 0.497 e. The fourth-order valence-electron chi connectivity index (χ4n) is 2.63. The molecule has 6 heteroatoms. The summed E-state index contributed by atoms with van der Waals surface area (Å²) in [6.45, 7) is 0. The third-order valence-corrected chi connectivity index (χ3v) is 4.90. The average molecular weight is 365 g/mol. The zero-order valence-corrected chi connectivity index (χ0v) is 14.8. The number of ether oxygens (including phenoxy) is 1. The quantitative estimate of drug-likeness (QED) is 0.459. The minimum absolute atomic E-state index is 0.287. The molecular weight excluding hydrogens is 349 g/mol. The Bertz CT molecular complexity index is 1050. The van der Waals surface area contributed by atoms with Crippen molar-refractivity contribution in [3.05, 3.63) is 72.8 Å². The Kier molecular flexibility index (Phi) is 4.50. The average Bonchev–Trinajstić information content (AvgIpc) is 3.15. The number of hydrogen-bond donors (Lipinski definition) is 2. The summed E-state index contributed by atoms with van der Waals surface area (Å²) in [7, 11) is 1.56. The first-order valence-electron chi connectivity index (χ1n) is 8.03. The Morgan fingerprint density at radius 3 is 2.69 bits per heavy atom. The molecule has 0 radical (unpaired) electrons. The van der Waals surface area contributed by atoms with Gasteiger partial charge in [0.1, 0.15) is 11.6 Å². The van der Waals surface area contributed by atoms with E-state index in [-0.39, 0.29) is 5.82 Å². The lowest BCUT2D eigenvalue weighted by atomic mass is 10.1. The molecule has 26 heavy (non-hydrogen) atoms. The second-order valence-corrected chi connectivity index (χ2v) is 6.56. The first kappa shape index (κ1) is 16.5. The lowest BCUT2D eigenvalue weighted by Gasteiger charge is -2.09. The van der Waals surface area contributed by atoms with Gasteiger partial charge in [-0.05, 0) is 60.0 Å². The van der Waals surface area contributed by atoms with Gasteiger partial charge in [0.25, 0.3) is 0 Å². The summed E-state index contributed by atoms with van der Waals surface area (Å²) in [5.41, 5.74) is 4.95. The molecular formula is C20H16FN3OS. The molecule has 0 bridgehead atoms. The van der Waals surface area contributed by atoms with Crippen LogP contribution in [0.1, 0.15) is 0 Å². The first-order valence-corrected chi connectivity index (χ1v) is 8.84. The number of rotatable bonds is 5. The van der Waals surface area contributed by atoms with E-state index < -0.39 is 0 Å². The first-order chi connectivity index (χ1) is 12.7. The van der Waals surface area contributed by atoms with Gasteiger partial charge in [-0.1, -0.05) is 12.1 Å². The molecule has 0 aliphatic heterocycles. The molecule has 2 N–H and O–H groups in total. The minimum Gasteiger partial charge on any atom is -0.497 e. The Hall–Kier alpha value is -2.99. The van der Waals surface area contributed by atoms with Crippen LogP contribution in [0.4, 0.5) is 10.1 Å². The molecule has 4 rings (SSSR count). The molecule has 4 nitrogen and oxygen atoms in total. The van der Waals surface area contributed by atoms with Crippen molar-refractivity contribution in [2.75, 3.05) is 11.8 Å². The monoisotopic (exact) mass is 365 g/mol. The summed E-state index contributed by atoms with van der Waals surface area (Å²) in [6.07, 6.45) is 3.74. The number of fused-ring (bicyclic) bond motifs is 1. The summed E-state index contributed by atoms with van der Waals surface area (Å²) < 4.78 is 22.2. The van der Waals surface area contributed by atoms with E-state index in [1.165, 1.54) is 18.0 Å². The van der Waals surface area contributed by atoms with Crippen LogP contribution in [0.15, 0.2) is 71.9 Å². The standard InChI is InChI=1S/C20H16FN3OS/c1-25-16-6-7-17(21)20(11-16)26-24-15-4-2-13(3-5-15)14-10-19-18(23-12-14)8-9-22-19/h2-12,22,24H,1H3. The lowest BCUT2D eigenvalue weighted by molar-refractivity contribution is 0.411. The predicted octanol–water partition coefficient (Wildman–Crippen LogP) is 5.50. The van der Waals surface area contributed by atoms with Crippen LogP contribution in [0.25, 0.3) is 22.2 Å². The molecule has 0 fully saturated rings. The van der Waals surface area contributed by atoms with Crippen LogP contribution in [0, 0.1) is 5.82 Å². The van der Waals surface area contributed by atoms with Gasteiger partial charge in [0.15, 0.2) is 0 Å². The second kappa shape index (κ2) is 7.09. The van der Waals surface area contributed by atoms with Crippen molar-refractivity contribution in [1.29, 1.82) is 0 Å². The molecule has 0 spiro atoms. The van der Waals surface area contributed by atoms with Gasteiger partial charge in [0.2, 0.25) is 0 Å². The third kappa shape index (κ3) is 3.36. The highest BCUT2D eigenvalue weighted by atomic mass is 32.2. The van der Waals surface area contributed by atoms with Crippen LogP contribution in [0.3, 0.4) is 0 Å². The van der Waals surface area contributed by atoms with Crippen LogP contribution in [-0.4, -0.2) is 17.1 Å². The van der Waals surface area contributed by atoms with E-state index in [1.54, 1.807) is 19.2 Å². The van der Waals surface area contributed by atoms with Crippen LogP contribution in [-0.2, 0) is 0 Å². The molecule has 0 atom stereocenters. The molecule has 130 valence electrons. The zero-order chi connectivity index (χ0) is 17.9. The number of pyridine rings is 1. The van der Waals surface area contributed by atoms with Gasteiger partial charge in [-0.25, -0.2) is 4.39 Å². The summed E-state index contributed by atoms with van der Waals surface area (Å²) in [4.78, 5) is 8.09. The number of anilines is 1. The van der Waals surface area contributed by atoms with E-state index in [0.29, 0.717) is 10.6 Å². The number of benzene rings is 2. The molecule has 0 unspecified atom stereocenters. The van der Waals surface area contributed by atoms with Crippen molar-refractivity contribution in [2.24, 2.45) is 0 Å². The van der Waals surface area contributed by atoms with Gasteiger partial charge in [0, 0.05) is 23.6 Å². The van der Waals surface area contributed by atoms with Gasteiger partial charge in [-0.3, -0.25) is 4.98 Å². The van der Waals surface area contributed by atoms with Crippen LogP contribution >= 0.6 is 11.9 Å². The van der Waals surface area contributed by atoms with Crippen molar-refractivity contribution in [1.82, 2.24) is 9.97 Å². The predicted molar refractivity (Wildman–Crippen MR) is 104 cm³/mol. The van der Waals surface area contributed by atoms with E-state index in [1.807, 2.05) is 42.7 Å². The summed E-state index contributed by atoms with van der Waals surface area (Å²) in [5, 5.41) is 0. The maximum Gasteiger partial charge on any atom is 0.138 e. The molecule has 0 aliphatic carbocycles. The number of hydrogen-bond acceptors (Lipinski definition) is 4. The van der Waals surface area contributed by atoms with Crippen LogP contribution in [0.2, 0.25) is 0 Å². The minimum atomic E-state index is -0.287. The highest BCUT2D eigenvalue weighted by molar-refractivity contribution is 8.00. The van der Waals surface area contributed by atoms with Crippen LogP contribution in [0.5, 0.6) is 5.75 Å². The molecule has 0 saturated carbocycles. The smallest absolute Gasteiger partial charge is 0.138 e. The van der Waals surface area contributed by atoms with E-state index in [9.17, 15) is 4.39 Å². The van der Waals surface area contributed by atoms with Gasteiger partial charge >= 0.3 is 0 Å². The maximum atomic E-state index is 13.9. The highest BCUT2D eigenvalue weighted by Gasteiger charge is 2.06. The fourth-order valence-corrected chi connectivity index (χ4v) is 3.33. The van der Waals surface area contributed by atoms with Gasteiger partial charge < -0.3 is 14.4 Å². The van der Waals surface area contributed by atoms with Crippen molar-refractivity contribution >= 4 is 28.7 Å². The van der Waals surface area contributed by atoms with Crippen molar-refractivity contribution in [2.45, 2.75) is 4.90 Å². The molecule has 0 amide bonds. The summed E-state index contributed by atoms with van der Waals surface area (Å²) in [6, 6.07) is 16.6. The number of H-pyrrole nitrogens is 1. The molecule has 0 saturated heterocycles. The Morgan fingerprint density at radius 1 is 1.04 bits per heavy atom. The molecule has 0 aliphatic rings. The molecule has 2 heterocycles. The normalized spacial score (nSPS) is 10.8. The SMILES string of the molecule is COc1ccc(F)c(SNc2ccc(-c3cnc4cc[nH]c4c3)cc2)c1. The van der Waals surface area contributed by atoms with Gasteiger partial charge in [-0.2, -0.15) is 0 Å². The third-order valence-electron chi connectivity index (χ3n) is 4.03. The van der Waals surface area contributed by atoms with Crippen LogP contribution < -0.4 is 9.46 Å². The Morgan fingerprint density at radius 2 is 1.88 bits per heavy atom. The summed E-state index contributed by atoms with van der Waals surface area (Å²) in [5.74, 6) is 0.337. The van der Waals surface area contributed by atoms with E-state index in [4.69, 9.17) is 4.74 Å². The van der Waals surface area contributed by atoms with Crippen molar-refractivity contribution in [3.8, 4) is 16.9 Å². The Labute approximate surface area is 154 Å². The maximum absolute atomic E-state index is 13.9. The van der Waals surface area contributed by atoms with E-state index >= 15 is 0 Å². The van der Waals surface area contributed by atoms with Gasteiger partial charge in [0.05, 0.1) is 23.0 Å². The van der Waals surface area contributed by atoms with E-state index in [0.717, 1.165) is 27.8 Å². The fraction of sp³-hybridized carbons (Fsp3) is 0.0500. The highest BCUT2D eigenvalue weighted by Crippen LogP contribution is 2.29. The lowest BCUT2D eigenvalue weighted by Crippen LogP contribution is -1.91. The number of aromatic amines is 1. The molecule has 2 aromatic carbocycles. The Balaban J connectivity index is 1.49. The van der Waals surface area contributed by atoms with Crippen molar-refractivity contribution < 1.29 is 9.13 Å². The molecule has 2 aromatic heterocycles. The van der Waals surface area contributed by atoms with Gasteiger partial charge in [-0.15, -0.1) is 0 Å². The number of nitrogens with one attached hydrogen (secondary N) is 2. The molecule has 4 aromatic rings.